The van der Waals surface area contributed by atoms with Crippen LogP contribution >= 0.6 is 0 Å². The highest BCUT2D eigenvalue weighted by Crippen LogP contribution is 2.31. The van der Waals surface area contributed by atoms with Crippen LogP contribution < -0.4 is 9.62 Å². The number of pyridine rings is 1. The number of nitrogens with zero attached hydrogens (tertiary/aromatic N) is 3. The van der Waals surface area contributed by atoms with Gasteiger partial charge in [0, 0.05) is 44.3 Å². The van der Waals surface area contributed by atoms with Gasteiger partial charge in [0.2, 0.25) is 0 Å². The molecule has 174 valence electrons. The SMILES string of the molecule is O=S(=O)(c1cccc(CN2CCNCC2)c1)N(Cc1ccccc1)c1cccc2cccnc12. The van der Waals surface area contributed by atoms with Crippen LogP contribution in [0.15, 0.2) is 96.0 Å². The first-order valence-corrected chi connectivity index (χ1v) is 13.0. The molecule has 0 radical (unpaired) electrons. The molecule has 0 spiro atoms. The van der Waals surface area contributed by atoms with Crippen molar-refractivity contribution < 1.29 is 8.42 Å². The van der Waals surface area contributed by atoms with Crippen molar-refractivity contribution in [2.45, 2.75) is 18.0 Å². The normalized spacial score (nSPS) is 14.8. The molecule has 1 aliphatic rings. The van der Waals surface area contributed by atoms with Gasteiger partial charge in [-0.1, -0.05) is 60.7 Å². The highest BCUT2D eigenvalue weighted by molar-refractivity contribution is 7.92. The van der Waals surface area contributed by atoms with E-state index in [2.05, 4.69) is 15.2 Å². The van der Waals surface area contributed by atoms with E-state index in [9.17, 15) is 8.42 Å². The number of hydrogen-bond acceptors (Lipinski definition) is 5. The molecule has 0 atom stereocenters. The van der Waals surface area contributed by atoms with E-state index in [1.165, 1.54) is 4.31 Å². The zero-order valence-electron chi connectivity index (χ0n) is 19.0. The lowest BCUT2D eigenvalue weighted by Gasteiger charge is -2.28. The largest absolute Gasteiger partial charge is 0.314 e. The molecule has 0 amide bonds. The van der Waals surface area contributed by atoms with E-state index >= 15 is 0 Å². The van der Waals surface area contributed by atoms with Crippen molar-refractivity contribution in [3.05, 3.63) is 102 Å². The number of piperazine rings is 1. The van der Waals surface area contributed by atoms with E-state index < -0.39 is 10.0 Å². The maximum atomic E-state index is 14.1. The highest BCUT2D eigenvalue weighted by Gasteiger charge is 2.27. The zero-order valence-corrected chi connectivity index (χ0v) is 19.8. The first kappa shape index (κ1) is 22.5. The van der Waals surface area contributed by atoms with Gasteiger partial charge in [0.25, 0.3) is 10.0 Å². The van der Waals surface area contributed by atoms with Gasteiger partial charge in [0.1, 0.15) is 0 Å². The minimum atomic E-state index is -3.84. The molecule has 5 rings (SSSR count). The molecule has 4 aromatic rings. The van der Waals surface area contributed by atoms with Crippen LogP contribution in [0.1, 0.15) is 11.1 Å². The molecule has 0 unspecified atom stereocenters. The number of para-hydroxylation sites is 1. The first-order valence-electron chi connectivity index (χ1n) is 11.5. The number of nitrogens with one attached hydrogen (secondary N) is 1. The second-order valence-corrected chi connectivity index (χ2v) is 10.4. The van der Waals surface area contributed by atoms with Gasteiger partial charge in [-0.3, -0.25) is 14.2 Å². The van der Waals surface area contributed by atoms with Gasteiger partial charge in [-0.05, 0) is 35.4 Å². The van der Waals surface area contributed by atoms with Gasteiger partial charge in [0.05, 0.1) is 22.6 Å². The molecule has 7 heteroatoms. The van der Waals surface area contributed by atoms with Crippen LogP contribution in [-0.2, 0) is 23.1 Å². The summed E-state index contributed by atoms with van der Waals surface area (Å²) in [5.74, 6) is 0. The summed E-state index contributed by atoms with van der Waals surface area (Å²) in [6, 6.07) is 26.5. The monoisotopic (exact) mass is 472 g/mol. The number of fused-ring (bicyclic) bond motifs is 1. The molecule has 1 saturated heterocycles. The van der Waals surface area contributed by atoms with Gasteiger partial charge in [-0.25, -0.2) is 8.42 Å². The number of benzene rings is 3. The average molecular weight is 473 g/mol. The van der Waals surface area contributed by atoms with Crippen LogP contribution in [0.5, 0.6) is 0 Å². The third-order valence-corrected chi connectivity index (χ3v) is 7.91. The molecular weight excluding hydrogens is 444 g/mol. The summed E-state index contributed by atoms with van der Waals surface area (Å²) in [5, 5.41) is 4.26. The standard InChI is InChI=1S/C27H28N4O2S/c32-34(33,25-12-4-9-23(19-25)20-30-17-15-28-16-18-30)31(21-22-7-2-1-3-8-22)26-13-5-10-24-11-6-14-29-27(24)26/h1-14,19,28H,15-18,20-21H2. The number of hydrogen-bond donors (Lipinski definition) is 1. The predicted molar refractivity (Wildman–Crippen MR) is 136 cm³/mol. The highest BCUT2D eigenvalue weighted by atomic mass is 32.2. The second-order valence-electron chi connectivity index (χ2n) is 8.52. The molecule has 1 N–H and O–H groups in total. The summed E-state index contributed by atoms with van der Waals surface area (Å²) in [5.41, 5.74) is 3.16. The van der Waals surface area contributed by atoms with Crippen molar-refractivity contribution >= 4 is 26.6 Å². The van der Waals surface area contributed by atoms with E-state index in [4.69, 9.17) is 0 Å². The Balaban J connectivity index is 1.56. The van der Waals surface area contributed by atoms with Crippen molar-refractivity contribution in [3.63, 3.8) is 0 Å². The van der Waals surface area contributed by atoms with Crippen molar-refractivity contribution in [2.75, 3.05) is 30.5 Å². The third-order valence-electron chi connectivity index (χ3n) is 6.15. The second kappa shape index (κ2) is 9.93. The van der Waals surface area contributed by atoms with E-state index in [1.54, 1.807) is 12.3 Å². The Morgan fingerprint density at radius 1 is 0.853 bits per heavy atom. The van der Waals surface area contributed by atoms with Crippen LogP contribution in [0.3, 0.4) is 0 Å². The van der Waals surface area contributed by atoms with Crippen molar-refractivity contribution in [3.8, 4) is 0 Å². The number of anilines is 1. The summed E-state index contributed by atoms with van der Waals surface area (Å²) < 4.78 is 29.7. The molecule has 6 nitrogen and oxygen atoms in total. The number of sulfonamides is 1. The molecule has 1 aliphatic heterocycles. The molecule has 0 bridgehead atoms. The first-order chi connectivity index (χ1) is 16.6. The van der Waals surface area contributed by atoms with Crippen molar-refractivity contribution in [1.82, 2.24) is 15.2 Å². The van der Waals surface area contributed by atoms with Gasteiger partial charge in [-0.2, -0.15) is 0 Å². The molecular formula is C27H28N4O2S. The quantitative estimate of drug-likeness (QED) is 0.440. The van der Waals surface area contributed by atoms with Crippen molar-refractivity contribution in [1.29, 1.82) is 0 Å². The Kier molecular flexibility index (Phi) is 6.58. The van der Waals surface area contributed by atoms with Crippen LogP contribution in [-0.4, -0.2) is 44.5 Å². The van der Waals surface area contributed by atoms with Crippen LogP contribution in [0.4, 0.5) is 5.69 Å². The van der Waals surface area contributed by atoms with Gasteiger partial charge in [-0.15, -0.1) is 0 Å². The fourth-order valence-corrected chi connectivity index (χ4v) is 5.93. The summed E-state index contributed by atoms with van der Waals surface area (Å²) in [6.45, 7) is 4.78. The maximum absolute atomic E-state index is 14.1. The van der Waals surface area contributed by atoms with Gasteiger partial charge < -0.3 is 5.32 Å². The molecule has 0 aliphatic carbocycles. The predicted octanol–water partition coefficient (Wildman–Crippen LogP) is 4.04. The topological polar surface area (TPSA) is 65.5 Å². The summed E-state index contributed by atoms with van der Waals surface area (Å²) in [7, 11) is -3.84. The molecule has 1 aromatic heterocycles. The molecule has 2 heterocycles. The fourth-order valence-electron chi connectivity index (χ4n) is 4.40. The van der Waals surface area contributed by atoms with Gasteiger partial charge >= 0.3 is 0 Å². The minimum absolute atomic E-state index is 0.223. The lowest BCUT2D eigenvalue weighted by atomic mass is 10.1. The molecule has 0 saturated carbocycles. The molecule has 1 fully saturated rings. The molecule has 34 heavy (non-hydrogen) atoms. The Labute approximate surface area is 200 Å². The minimum Gasteiger partial charge on any atom is -0.314 e. The van der Waals surface area contributed by atoms with E-state index in [-0.39, 0.29) is 6.54 Å². The lowest BCUT2D eigenvalue weighted by Crippen LogP contribution is -2.42. The third kappa shape index (κ3) is 4.82. The summed E-state index contributed by atoms with van der Waals surface area (Å²) in [4.78, 5) is 7.17. The smallest absolute Gasteiger partial charge is 0.264 e. The maximum Gasteiger partial charge on any atom is 0.264 e. The van der Waals surface area contributed by atoms with E-state index in [1.807, 2.05) is 78.9 Å². The number of aromatic nitrogens is 1. The molecule has 3 aromatic carbocycles. The van der Waals surface area contributed by atoms with Crippen molar-refractivity contribution in [2.24, 2.45) is 0 Å². The van der Waals surface area contributed by atoms with Crippen LogP contribution in [0, 0.1) is 0 Å². The Morgan fingerprint density at radius 2 is 1.59 bits per heavy atom. The van der Waals surface area contributed by atoms with Gasteiger partial charge in [0.15, 0.2) is 0 Å². The zero-order chi connectivity index (χ0) is 23.4. The average Bonchev–Trinajstić information content (AvgIpc) is 2.88. The summed E-state index contributed by atoms with van der Waals surface area (Å²) >= 11 is 0. The van der Waals surface area contributed by atoms with E-state index in [0.29, 0.717) is 16.1 Å². The fraction of sp³-hybridized carbons (Fsp3) is 0.222. The van der Waals surface area contributed by atoms with E-state index in [0.717, 1.165) is 49.2 Å². The lowest BCUT2D eigenvalue weighted by molar-refractivity contribution is 0.233. The Bertz CT molecular complexity index is 1360. The summed E-state index contributed by atoms with van der Waals surface area (Å²) in [6.07, 6.45) is 1.70. The Hall–Kier alpha value is -3.26. The van der Waals surface area contributed by atoms with Crippen LogP contribution in [0.25, 0.3) is 10.9 Å². The number of rotatable bonds is 7. The Morgan fingerprint density at radius 3 is 2.41 bits per heavy atom. The van der Waals surface area contributed by atoms with Crippen LogP contribution in [0.2, 0.25) is 0 Å².